The van der Waals surface area contributed by atoms with Crippen LogP contribution in [0.15, 0.2) is 35.3 Å². The minimum Gasteiger partial charge on any atom is -0.478 e. The van der Waals surface area contributed by atoms with Gasteiger partial charge in [-0.05, 0) is 37.9 Å². The summed E-state index contributed by atoms with van der Waals surface area (Å²) in [5.41, 5.74) is 2.05. The molecule has 2 amide bonds. The van der Waals surface area contributed by atoms with E-state index in [2.05, 4.69) is 15.2 Å². The van der Waals surface area contributed by atoms with E-state index in [0.29, 0.717) is 55.8 Å². The van der Waals surface area contributed by atoms with Crippen molar-refractivity contribution in [2.75, 3.05) is 65.4 Å². The molecule has 1 fully saturated rings. The topological polar surface area (TPSA) is 113 Å². The Balaban J connectivity index is 1.51. The number of pyridine rings is 1. The van der Waals surface area contributed by atoms with Crippen molar-refractivity contribution in [2.45, 2.75) is 6.42 Å². The van der Waals surface area contributed by atoms with Gasteiger partial charge in [-0.1, -0.05) is 17.7 Å². The Morgan fingerprint density at radius 2 is 1.89 bits per heavy atom. The van der Waals surface area contributed by atoms with Crippen LogP contribution in [0.25, 0.3) is 10.9 Å². The third-order valence-corrected chi connectivity index (χ3v) is 6.75. The quantitative estimate of drug-likeness (QED) is 0.448. The van der Waals surface area contributed by atoms with Gasteiger partial charge in [-0.2, -0.15) is 0 Å². The van der Waals surface area contributed by atoms with Crippen molar-refractivity contribution >= 4 is 40.3 Å². The maximum absolute atomic E-state index is 12.6. The highest BCUT2D eigenvalue weighted by Crippen LogP contribution is 2.24. The summed E-state index contributed by atoms with van der Waals surface area (Å²) in [7, 11) is 6.94. The number of aromatic nitrogens is 3. The molecular weight excluding hydrogens is 510 g/mol. The molecule has 4 rings (SSSR count). The van der Waals surface area contributed by atoms with E-state index >= 15 is 0 Å². The molecule has 0 aliphatic carbocycles. The number of carbonyl (C=O) groups excluding carboxylic acids is 2. The summed E-state index contributed by atoms with van der Waals surface area (Å²) in [5.74, 6) is 0.475. The molecule has 1 saturated heterocycles. The number of aryl methyl sites for hydroxylation is 1. The van der Waals surface area contributed by atoms with Crippen LogP contribution in [0.2, 0.25) is 5.02 Å². The number of halogens is 1. The number of piperazine rings is 1. The largest absolute Gasteiger partial charge is 0.478 e. The van der Waals surface area contributed by atoms with Gasteiger partial charge in [-0.25, -0.2) is 9.97 Å². The second-order valence-corrected chi connectivity index (χ2v) is 9.88. The van der Waals surface area contributed by atoms with Crippen LogP contribution in [0.5, 0.6) is 5.75 Å². The fourth-order valence-electron chi connectivity index (χ4n) is 4.32. The molecule has 1 aliphatic heterocycles. The first-order valence-corrected chi connectivity index (χ1v) is 12.7. The second kappa shape index (κ2) is 11.8. The number of benzene rings is 1. The Hall–Kier alpha value is -3.70. The molecule has 0 atom stereocenters. The fourth-order valence-corrected chi connectivity index (χ4v) is 4.48. The average molecular weight is 542 g/mol. The van der Waals surface area contributed by atoms with Crippen molar-refractivity contribution < 1.29 is 14.3 Å². The van der Waals surface area contributed by atoms with Gasteiger partial charge in [0.25, 0.3) is 11.5 Å². The monoisotopic (exact) mass is 541 g/mol. The highest BCUT2D eigenvalue weighted by molar-refractivity contribution is 6.31. The molecule has 1 aliphatic rings. The number of fused-ring (bicyclic) bond motifs is 1. The SMILES string of the molecule is CNC(=O)COc1cc2cc(Cc3nc(N4CCN(C(=O)CN(C)C)CC4)ncc3Cl)ccc2n(C)c1=O. The molecule has 0 radical (unpaired) electrons. The number of rotatable bonds is 8. The van der Waals surface area contributed by atoms with Crippen LogP contribution in [-0.4, -0.2) is 96.6 Å². The molecule has 1 N–H and O–H groups in total. The molecule has 202 valence electrons. The summed E-state index contributed by atoms with van der Waals surface area (Å²) in [6.07, 6.45) is 2.07. The van der Waals surface area contributed by atoms with E-state index < -0.39 is 0 Å². The zero-order valence-electron chi connectivity index (χ0n) is 22.0. The van der Waals surface area contributed by atoms with Gasteiger partial charge in [0, 0.05) is 52.1 Å². The smallest absolute Gasteiger partial charge is 0.293 e. The van der Waals surface area contributed by atoms with Crippen LogP contribution in [0, 0.1) is 0 Å². The first kappa shape index (κ1) is 27.3. The number of likely N-dealkylation sites (N-methyl/N-ethyl adjacent to an activating group) is 2. The van der Waals surface area contributed by atoms with Gasteiger partial charge in [0.2, 0.25) is 11.9 Å². The summed E-state index contributed by atoms with van der Waals surface area (Å²) >= 11 is 6.47. The first-order chi connectivity index (χ1) is 18.2. The van der Waals surface area contributed by atoms with E-state index in [1.165, 1.54) is 11.6 Å². The molecule has 3 aromatic rings. The minimum absolute atomic E-state index is 0.103. The van der Waals surface area contributed by atoms with Crippen molar-refractivity contribution in [1.82, 2.24) is 29.7 Å². The predicted octanol–water partition coefficient (Wildman–Crippen LogP) is 0.908. The molecule has 38 heavy (non-hydrogen) atoms. The van der Waals surface area contributed by atoms with Crippen molar-refractivity contribution in [3.05, 3.63) is 57.1 Å². The van der Waals surface area contributed by atoms with Crippen molar-refractivity contribution in [1.29, 1.82) is 0 Å². The number of carbonyl (C=O) groups is 2. The van der Waals surface area contributed by atoms with Gasteiger partial charge in [-0.15, -0.1) is 0 Å². The van der Waals surface area contributed by atoms with E-state index in [1.807, 2.05) is 42.1 Å². The van der Waals surface area contributed by atoms with Crippen molar-refractivity contribution in [3.63, 3.8) is 0 Å². The number of ether oxygens (including phenoxy) is 1. The summed E-state index contributed by atoms with van der Waals surface area (Å²) in [5, 5.41) is 3.72. The Morgan fingerprint density at radius 1 is 1.16 bits per heavy atom. The predicted molar refractivity (Wildman–Crippen MR) is 146 cm³/mol. The molecule has 0 spiro atoms. The third kappa shape index (κ3) is 6.22. The normalized spacial score (nSPS) is 13.7. The lowest BCUT2D eigenvalue weighted by Crippen LogP contribution is -2.51. The lowest BCUT2D eigenvalue weighted by atomic mass is 10.1. The Morgan fingerprint density at radius 3 is 2.58 bits per heavy atom. The Bertz CT molecular complexity index is 1400. The van der Waals surface area contributed by atoms with Gasteiger partial charge in [-0.3, -0.25) is 14.4 Å². The highest BCUT2D eigenvalue weighted by atomic mass is 35.5. The zero-order valence-corrected chi connectivity index (χ0v) is 22.8. The van der Waals surface area contributed by atoms with Crippen LogP contribution in [0.1, 0.15) is 11.3 Å². The number of nitrogens with one attached hydrogen (secondary N) is 1. The lowest BCUT2D eigenvalue weighted by molar-refractivity contribution is -0.132. The van der Waals surface area contributed by atoms with Gasteiger partial charge >= 0.3 is 0 Å². The molecular formula is C26H32ClN7O4. The standard InChI is InChI=1S/C26H32ClN7O4/c1-28-23(35)16-38-22-13-18-11-17(5-6-21(18)32(4)25(22)37)12-20-19(27)14-29-26(30-20)34-9-7-33(8-10-34)24(36)15-31(2)3/h5-6,11,13-14H,7-10,12,15-16H2,1-4H3,(H,28,35). The molecule has 12 heteroatoms. The minimum atomic E-state index is -0.323. The first-order valence-electron chi connectivity index (χ1n) is 12.3. The van der Waals surface area contributed by atoms with Crippen LogP contribution < -0.4 is 20.5 Å². The van der Waals surface area contributed by atoms with Gasteiger partial charge < -0.3 is 29.3 Å². The lowest BCUT2D eigenvalue weighted by Gasteiger charge is -2.35. The molecule has 0 saturated carbocycles. The van der Waals surface area contributed by atoms with Crippen LogP contribution in [0.4, 0.5) is 5.95 Å². The molecule has 3 heterocycles. The molecule has 2 aromatic heterocycles. The number of hydrogen-bond donors (Lipinski definition) is 1. The van der Waals surface area contributed by atoms with E-state index in [4.69, 9.17) is 21.3 Å². The summed E-state index contributed by atoms with van der Waals surface area (Å²) in [4.78, 5) is 51.5. The van der Waals surface area contributed by atoms with Gasteiger partial charge in [0.05, 0.1) is 29.0 Å². The second-order valence-electron chi connectivity index (χ2n) is 9.47. The summed E-state index contributed by atoms with van der Waals surface area (Å²) in [6, 6.07) is 7.40. The molecule has 11 nitrogen and oxygen atoms in total. The fraction of sp³-hybridized carbons (Fsp3) is 0.423. The van der Waals surface area contributed by atoms with Crippen LogP contribution in [-0.2, 0) is 23.1 Å². The Labute approximate surface area is 226 Å². The van der Waals surface area contributed by atoms with E-state index in [9.17, 15) is 14.4 Å². The number of anilines is 1. The number of nitrogens with zero attached hydrogens (tertiary/aromatic N) is 6. The average Bonchev–Trinajstić information content (AvgIpc) is 2.90. The molecule has 1 aromatic carbocycles. The van der Waals surface area contributed by atoms with E-state index in [1.54, 1.807) is 19.3 Å². The van der Waals surface area contributed by atoms with E-state index in [-0.39, 0.29) is 29.7 Å². The number of hydrogen-bond acceptors (Lipinski definition) is 8. The zero-order chi connectivity index (χ0) is 27.4. The third-order valence-electron chi connectivity index (χ3n) is 6.44. The summed E-state index contributed by atoms with van der Waals surface area (Å²) < 4.78 is 6.96. The van der Waals surface area contributed by atoms with Gasteiger partial charge in [0.1, 0.15) is 0 Å². The van der Waals surface area contributed by atoms with Gasteiger partial charge in [0.15, 0.2) is 12.4 Å². The summed E-state index contributed by atoms with van der Waals surface area (Å²) in [6.45, 7) is 2.66. The molecule has 0 unspecified atom stereocenters. The number of amides is 2. The van der Waals surface area contributed by atoms with Crippen molar-refractivity contribution in [2.24, 2.45) is 7.05 Å². The molecule has 0 bridgehead atoms. The van der Waals surface area contributed by atoms with Crippen molar-refractivity contribution in [3.8, 4) is 5.75 Å². The highest BCUT2D eigenvalue weighted by Gasteiger charge is 2.23. The van der Waals surface area contributed by atoms with E-state index in [0.717, 1.165) is 16.5 Å². The van der Waals surface area contributed by atoms with Crippen LogP contribution >= 0.6 is 11.6 Å². The maximum Gasteiger partial charge on any atom is 0.293 e. The van der Waals surface area contributed by atoms with Crippen LogP contribution in [0.3, 0.4) is 0 Å². The Kier molecular flexibility index (Phi) is 8.48. The maximum atomic E-state index is 12.6.